The summed E-state index contributed by atoms with van der Waals surface area (Å²) in [5, 5.41) is 16.6. The van der Waals surface area contributed by atoms with Crippen molar-refractivity contribution in [2.45, 2.75) is 37.3 Å². The minimum atomic E-state index is -0.305. The molecule has 0 unspecified atom stereocenters. The Balaban J connectivity index is 1.58. The lowest BCUT2D eigenvalue weighted by Gasteiger charge is -2.19. The fourth-order valence-electron chi connectivity index (χ4n) is 2.50. The van der Waals surface area contributed by atoms with Gasteiger partial charge in [-0.25, -0.2) is 0 Å². The molecule has 2 aliphatic rings. The Bertz CT molecular complexity index is 469. The maximum atomic E-state index is 12.2. The van der Waals surface area contributed by atoms with E-state index >= 15 is 0 Å². The van der Waals surface area contributed by atoms with Gasteiger partial charge >= 0.3 is 0 Å². The van der Waals surface area contributed by atoms with Gasteiger partial charge in [0.1, 0.15) is 0 Å². The standard InChI is InChI=1S/C13H19N3O3/c1-16(7-9-4-10(17)6-14-9)13(18)12-5-11(15-19-12)8-2-3-8/h5,8-10,14,17H,2-4,6-7H2,1H3/t9-,10+/m0/s1. The van der Waals surface area contributed by atoms with E-state index in [4.69, 9.17) is 4.52 Å². The minimum Gasteiger partial charge on any atom is -0.392 e. The summed E-state index contributed by atoms with van der Waals surface area (Å²) in [6.45, 7) is 1.16. The number of aliphatic hydroxyl groups is 1. The predicted octanol–water partition coefficient (Wildman–Crippen LogP) is 0.347. The summed E-state index contributed by atoms with van der Waals surface area (Å²) in [6, 6.07) is 1.91. The molecule has 1 aromatic rings. The third-order valence-corrected chi connectivity index (χ3v) is 3.77. The molecular formula is C13H19N3O3. The molecule has 1 saturated carbocycles. The second kappa shape index (κ2) is 4.94. The lowest BCUT2D eigenvalue weighted by Crippen LogP contribution is -2.38. The van der Waals surface area contributed by atoms with Crippen LogP contribution in [0.5, 0.6) is 0 Å². The Labute approximate surface area is 111 Å². The van der Waals surface area contributed by atoms with Gasteiger partial charge in [-0.05, 0) is 19.3 Å². The van der Waals surface area contributed by atoms with E-state index in [-0.39, 0.29) is 18.1 Å². The summed E-state index contributed by atoms with van der Waals surface area (Å²) in [5.74, 6) is 0.646. The van der Waals surface area contributed by atoms with E-state index in [1.807, 2.05) is 0 Å². The molecule has 104 valence electrons. The van der Waals surface area contributed by atoms with Crippen molar-refractivity contribution in [1.29, 1.82) is 0 Å². The zero-order valence-corrected chi connectivity index (χ0v) is 11.0. The van der Waals surface area contributed by atoms with Crippen molar-refractivity contribution in [3.63, 3.8) is 0 Å². The van der Waals surface area contributed by atoms with Crippen molar-refractivity contribution in [3.8, 4) is 0 Å². The zero-order chi connectivity index (χ0) is 13.4. The molecule has 3 rings (SSSR count). The number of rotatable bonds is 4. The number of hydrogen-bond acceptors (Lipinski definition) is 5. The molecule has 0 spiro atoms. The molecule has 2 fully saturated rings. The number of nitrogens with zero attached hydrogens (tertiary/aromatic N) is 2. The quantitative estimate of drug-likeness (QED) is 0.821. The van der Waals surface area contributed by atoms with Crippen LogP contribution in [0, 0.1) is 0 Å². The van der Waals surface area contributed by atoms with Gasteiger partial charge in [-0.15, -0.1) is 0 Å². The van der Waals surface area contributed by atoms with E-state index in [9.17, 15) is 9.90 Å². The summed E-state index contributed by atoms with van der Waals surface area (Å²) < 4.78 is 5.12. The molecule has 2 N–H and O–H groups in total. The van der Waals surface area contributed by atoms with Crippen LogP contribution >= 0.6 is 0 Å². The van der Waals surface area contributed by atoms with Crippen LogP contribution in [0.1, 0.15) is 41.4 Å². The molecule has 2 heterocycles. The van der Waals surface area contributed by atoms with E-state index in [1.165, 1.54) is 0 Å². The molecule has 1 aromatic heterocycles. The maximum absolute atomic E-state index is 12.2. The lowest BCUT2D eigenvalue weighted by atomic mass is 10.2. The molecule has 0 bridgehead atoms. The van der Waals surface area contributed by atoms with Gasteiger partial charge in [0.15, 0.2) is 0 Å². The van der Waals surface area contributed by atoms with E-state index in [1.54, 1.807) is 18.0 Å². The third kappa shape index (κ3) is 2.79. The van der Waals surface area contributed by atoms with Crippen LogP contribution in [0.4, 0.5) is 0 Å². The molecule has 1 aliphatic heterocycles. The zero-order valence-electron chi connectivity index (χ0n) is 11.0. The van der Waals surface area contributed by atoms with Gasteiger partial charge in [0.05, 0.1) is 11.8 Å². The van der Waals surface area contributed by atoms with Gasteiger partial charge < -0.3 is 19.8 Å². The number of likely N-dealkylation sites (N-methyl/N-ethyl adjacent to an activating group) is 1. The molecular weight excluding hydrogens is 246 g/mol. The highest BCUT2D eigenvalue weighted by atomic mass is 16.5. The molecule has 1 saturated heterocycles. The SMILES string of the molecule is CN(C[C@@H]1C[C@@H](O)CN1)C(=O)c1cc(C2CC2)no1. The smallest absolute Gasteiger partial charge is 0.292 e. The second-order valence-electron chi connectivity index (χ2n) is 5.57. The molecule has 1 amide bonds. The van der Waals surface area contributed by atoms with Crippen molar-refractivity contribution < 1.29 is 14.4 Å². The molecule has 19 heavy (non-hydrogen) atoms. The van der Waals surface area contributed by atoms with Crippen molar-refractivity contribution in [3.05, 3.63) is 17.5 Å². The first kappa shape index (κ1) is 12.6. The summed E-state index contributed by atoms with van der Waals surface area (Å²) in [4.78, 5) is 13.8. The molecule has 0 aromatic carbocycles. The van der Waals surface area contributed by atoms with E-state index < -0.39 is 0 Å². The van der Waals surface area contributed by atoms with Crippen molar-refractivity contribution >= 4 is 5.91 Å². The van der Waals surface area contributed by atoms with E-state index in [0.29, 0.717) is 31.2 Å². The second-order valence-corrected chi connectivity index (χ2v) is 5.57. The normalized spacial score (nSPS) is 26.6. The molecule has 1 aliphatic carbocycles. The highest BCUT2D eigenvalue weighted by molar-refractivity contribution is 5.91. The van der Waals surface area contributed by atoms with Crippen LogP contribution in [0.3, 0.4) is 0 Å². The number of aromatic nitrogens is 1. The first-order valence-corrected chi connectivity index (χ1v) is 6.77. The number of carbonyl (C=O) groups excluding carboxylic acids is 1. The molecule has 0 radical (unpaired) electrons. The van der Waals surface area contributed by atoms with Crippen LogP contribution in [-0.4, -0.2) is 53.4 Å². The Morgan fingerprint density at radius 2 is 2.42 bits per heavy atom. The lowest BCUT2D eigenvalue weighted by molar-refractivity contribution is 0.0739. The average Bonchev–Trinajstić information content (AvgIpc) is 2.98. The van der Waals surface area contributed by atoms with Crippen molar-refractivity contribution in [2.75, 3.05) is 20.1 Å². The number of hydrogen-bond donors (Lipinski definition) is 2. The van der Waals surface area contributed by atoms with Gasteiger partial charge in [0.25, 0.3) is 5.91 Å². The van der Waals surface area contributed by atoms with Gasteiger partial charge in [-0.2, -0.15) is 0 Å². The molecule has 6 nitrogen and oxygen atoms in total. The van der Waals surface area contributed by atoms with Crippen LogP contribution in [0.2, 0.25) is 0 Å². The largest absolute Gasteiger partial charge is 0.392 e. The Morgan fingerprint density at radius 1 is 1.63 bits per heavy atom. The van der Waals surface area contributed by atoms with E-state index in [2.05, 4.69) is 10.5 Å². The number of amides is 1. The Kier molecular flexibility index (Phi) is 3.28. The topological polar surface area (TPSA) is 78.6 Å². The predicted molar refractivity (Wildman–Crippen MR) is 67.9 cm³/mol. The van der Waals surface area contributed by atoms with Crippen LogP contribution in [0.25, 0.3) is 0 Å². The summed E-state index contributed by atoms with van der Waals surface area (Å²) in [6.07, 6.45) is 2.65. The number of nitrogens with one attached hydrogen (secondary N) is 1. The monoisotopic (exact) mass is 265 g/mol. The summed E-state index contributed by atoms with van der Waals surface area (Å²) in [7, 11) is 1.74. The van der Waals surface area contributed by atoms with Crippen molar-refractivity contribution in [2.24, 2.45) is 0 Å². The third-order valence-electron chi connectivity index (χ3n) is 3.77. The minimum absolute atomic E-state index is 0.148. The fourth-order valence-corrected chi connectivity index (χ4v) is 2.50. The maximum Gasteiger partial charge on any atom is 0.292 e. The van der Waals surface area contributed by atoms with Crippen LogP contribution in [-0.2, 0) is 0 Å². The number of aliphatic hydroxyl groups excluding tert-OH is 1. The van der Waals surface area contributed by atoms with Gasteiger partial charge in [0.2, 0.25) is 5.76 Å². The van der Waals surface area contributed by atoms with Gasteiger partial charge in [-0.3, -0.25) is 4.79 Å². The molecule has 2 atom stereocenters. The Morgan fingerprint density at radius 3 is 3.05 bits per heavy atom. The van der Waals surface area contributed by atoms with Crippen LogP contribution in [0.15, 0.2) is 10.6 Å². The average molecular weight is 265 g/mol. The number of β-amino-alcohol motifs (C(OH)–C–C–N with tert-alkyl or cyclic N) is 1. The fraction of sp³-hybridized carbons (Fsp3) is 0.692. The Hall–Kier alpha value is -1.40. The summed E-state index contributed by atoms with van der Waals surface area (Å²) >= 11 is 0. The highest BCUT2D eigenvalue weighted by Gasteiger charge is 2.30. The summed E-state index contributed by atoms with van der Waals surface area (Å²) in [5.41, 5.74) is 0.895. The van der Waals surface area contributed by atoms with Crippen LogP contribution < -0.4 is 5.32 Å². The van der Waals surface area contributed by atoms with Crippen molar-refractivity contribution in [1.82, 2.24) is 15.4 Å². The first-order valence-electron chi connectivity index (χ1n) is 6.77. The first-order chi connectivity index (χ1) is 9.13. The van der Waals surface area contributed by atoms with Gasteiger partial charge in [-0.1, -0.05) is 5.16 Å². The van der Waals surface area contributed by atoms with E-state index in [0.717, 1.165) is 18.5 Å². The van der Waals surface area contributed by atoms with Gasteiger partial charge in [0, 0.05) is 38.2 Å². The molecule has 6 heteroatoms. The number of carbonyl (C=O) groups is 1. The highest BCUT2D eigenvalue weighted by Crippen LogP contribution is 2.39.